The van der Waals surface area contributed by atoms with Crippen molar-refractivity contribution in [3.8, 4) is 0 Å². The molecule has 0 saturated carbocycles. The van der Waals surface area contributed by atoms with Crippen LogP contribution in [-0.2, 0) is 9.53 Å². The van der Waals surface area contributed by atoms with E-state index in [4.69, 9.17) is 9.84 Å². The van der Waals surface area contributed by atoms with Gasteiger partial charge in [0.15, 0.2) is 0 Å². The minimum atomic E-state index is -1.08. The SMILES string of the molecule is C=C(S)N(CC(OC)c1ccccc1)C(=O)N(CC(=O)O)C(C)C. The van der Waals surface area contributed by atoms with Crippen molar-refractivity contribution in [2.45, 2.75) is 26.0 Å². The first-order chi connectivity index (χ1) is 11.3. The minimum absolute atomic E-state index is 0.185. The zero-order chi connectivity index (χ0) is 18.3. The van der Waals surface area contributed by atoms with Gasteiger partial charge in [-0.15, -0.1) is 12.6 Å². The molecule has 7 heteroatoms. The summed E-state index contributed by atoms with van der Waals surface area (Å²) in [5.41, 5.74) is 0.904. The van der Waals surface area contributed by atoms with Gasteiger partial charge in [0.1, 0.15) is 12.6 Å². The van der Waals surface area contributed by atoms with E-state index < -0.39 is 18.5 Å². The quantitative estimate of drug-likeness (QED) is 0.706. The van der Waals surface area contributed by atoms with Gasteiger partial charge in [0.05, 0.1) is 11.6 Å². The molecule has 0 bridgehead atoms. The molecule has 0 aromatic heterocycles. The first-order valence-electron chi connectivity index (χ1n) is 7.53. The summed E-state index contributed by atoms with van der Waals surface area (Å²) in [6.45, 7) is 7.02. The van der Waals surface area contributed by atoms with E-state index in [1.54, 1.807) is 21.0 Å². The maximum absolute atomic E-state index is 12.8. The highest BCUT2D eigenvalue weighted by Crippen LogP contribution is 2.22. The number of nitrogens with zero attached hydrogens (tertiary/aromatic N) is 2. The Bertz CT molecular complexity index is 577. The average Bonchev–Trinajstić information content (AvgIpc) is 2.53. The van der Waals surface area contributed by atoms with Gasteiger partial charge >= 0.3 is 12.0 Å². The van der Waals surface area contributed by atoms with Gasteiger partial charge < -0.3 is 14.7 Å². The lowest BCUT2D eigenvalue weighted by Gasteiger charge is -2.33. The second-order valence-electron chi connectivity index (χ2n) is 5.56. The molecular formula is C17H24N2O4S. The zero-order valence-electron chi connectivity index (χ0n) is 14.2. The molecule has 24 heavy (non-hydrogen) atoms. The largest absolute Gasteiger partial charge is 0.480 e. The summed E-state index contributed by atoms with van der Waals surface area (Å²) in [4.78, 5) is 26.4. The number of amides is 2. The second kappa shape index (κ2) is 9.34. The van der Waals surface area contributed by atoms with Crippen molar-refractivity contribution in [1.29, 1.82) is 0 Å². The van der Waals surface area contributed by atoms with E-state index in [1.807, 2.05) is 30.3 Å². The third kappa shape index (κ3) is 5.58. The van der Waals surface area contributed by atoms with Crippen LogP contribution in [0.1, 0.15) is 25.5 Å². The molecule has 0 heterocycles. The van der Waals surface area contributed by atoms with Crippen LogP contribution in [0.5, 0.6) is 0 Å². The summed E-state index contributed by atoms with van der Waals surface area (Å²) in [5, 5.41) is 9.26. The molecule has 132 valence electrons. The Morgan fingerprint density at radius 3 is 2.29 bits per heavy atom. The van der Waals surface area contributed by atoms with E-state index in [1.165, 1.54) is 9.80 Å². The molecule has 0 fully saturated rings. The molecule has 0 saturated heterocycles. The third-order valence-electron chi connectivity index (χ3n) is 3.52. The van der Waals surface area contributed by atoms with Crippen LogP contribution in [0, 0.1) is 0 Å². The van der Waals surface area contributed by atoms with Crippen LogP contribution < -0.4 is 0 Å². The van der Waals surface area contributed by atoms with Gasteiger partial charge in [0.25, 0.3) is 0 Å². The van der Waals surface area contributed by atoms with Crippen LogP contribution in [0.25, 0.3) is 0 Å². The van der Waals surface area contributed by atoms with Crippen molar-refractivity contribution in [2.75, 3.05) is 20.2 Å². The van der Waals surface area contributed by atoms with Crippen LogP contribution in [0.15, 0.2) is 41.9 Å². The van der Waals surface area contributed by atoms with Gasteiger partial charge in [-0.1, -0.05) is 36.9 Å². The predicted octanol–water partition coefficient (Wildman–Crippen LogP) is 2.99. The molecular weight excluding hydrogens is 328 g/mol. The van der Waals surface area contributed by atoms with E-state index >= 15 is 0 Å². The lowest BCUT2D eigenvalue weighted by molar-refractivity contribution is -0.138. The van der Waals surface area contributed by atoms with Crippen LogP contribution in [0.2, 0.25) is 0 Å². The second-order valence-corrected chi connectivity index (χ2v) is 6.08. The third-order valence-corrected chi connectivity index (χ3v) is 3.76. The number of methoxy groups -OCH3 is 1. The molecule has 6 nitrogen and oxygen atoms in total. The monoisotopic (exact) mass is 352 g/mol. The van der Waals surface area contributed by atoms with Gasteiger partial charge in [-0.2, -0.15) is 0 Å². The van der Waals surface area contributed by atoms with Crippen LogP contribution >= 0.6 is 12.6 Å². The van der Waals surface area contributed by atoms with E-state index in [0.717, 1.165) is 5.56 Å². The molecule has 1 atom stereocenters. The molecule has 0 aliphatic carbocycles. The number of urea groups is 1. The molecule has 0 aliphatic heterocycles. The topological polar surface area (TPSA) is 70.1 Å². The number of carboxylic acid groups (broad SMARTS) is 1. The molecule has 1 aromatic rings. The number of hydrogen-bond donors (Lipinski definition) is 2. The molecule has 1 unspecified atom stereocenters. The Kier molecular flexibility index (Phi) is 7.81. The van der Waals surface area contributed by atoms with Crippen molar-refractivity contribution in [3.63, 3.8) is 0 Å². The Morgan fingerprint density at radius 1 is 1.29 bits per heavy atom. The average molecular weight is 352 g/mol. The summed E-state index contributed by atoms with van der Waals surface area (Å²) < 4.78 is 5.48. The summed E-state index contributed by atoms with van der Waals surface area (Å²) >= 11 is 4.19. The number of benzene rings is 1. The molecule has 1 N–H and O–H groups in total. The van der Waals surface area contributed by atoms with E-state index in [2.05, 4.69) is 19.2 Å². The lowest BCUT2D eigenvalue weighted by atomic mass is 10.1. The number of aliphatic carboxylic acids is 1. The van der Waals surface area contributed by atoms with Crippen LogP contribution in [0.4, 0.5) is 4.79 Å². The van der Waals surface area contributed by atoms with Gasteiger partial charge in [0, 0.05) is 13.2 Å². The molecule has 0 aliphatic rings. The van der Waals surface area contributed by atoms with E-state index in [-0.39, 0.29) is 23.7 Å². The number of rotatable bonds is 8. The number of carbonyl (C=O) groups is 2. The fourth-order valence-corrected chi connectivity index (χ4v) is 2.38. The predicted molar refractivity (Wildman–Crippen MR) is 95.9 cm³/mol. The van der Waals surface area contributed by atoms with Crippen LogP contribution in [-0.4, -0.2) is 53.1 Å². The Hall–Kier alpha value is -1.99. The van der Waals surface area contributed by atoms with Gasteiger partial charge in [-0.25, -0.2) is 4.79 Å². The number of hydrogen-bond acceptors (Lipinski definition) is 4. The highest BCUT2D eigenvalue weighted by atomic mass is 32.1. The molecule has 1 rings (SSSR count). The Balaban J connectivity index is 3.02. The first-order valence-corrected chi connectivity index (χ1v) is 7.98. The summed E-state index contributed by atoms with van der Waals surface area (Å²) in [6, 6.07) is 8.71. The Labute approximate surface area is 148 Å². The number of thiol groups is 1. The summed E-state index contributed by atoms with van der Waals surface area (Å²) in [7, 11) is 1.55. The van der Waals surface area contributed by atoms with Gasteiger partial charge in [0.2, 0.25) is 0 Å². The first kappa shape index (κ1) is 20.1. The van der Waals surface area contributed by atoms with Crippen molar-refractivity contribution in [1.82, 2.24) is 9.80 Å². The normalized spacial score (nSPS) is 11.9. The number of carboxylic acids is 1. The molecule has 2 amide bonds. The summed E-state index contributed by atoms with van der Waals surface area (Å²) in [5.74, 6) is -1.08. The fourth-order valence-electron chi connectivity index (χ4n) is 2.22. The van der Waals surface area contributed by atoms with E-state index in [0.29, 0.717) is 0 Å². The van der Waals surface area contributed by atoms with Gasteiger partial charge in [-0.3, -0.25) is 9.69 Å². The molecule has 0 spiro atoms. The fraction of sp³-hybridized carbons (Fsp3) is 0.412. The van der Waals surface area contributed by atoms with Crippen molar-refractivity contribution < 1.29 is 19.4 Å². The van der Waals surface area contributed by atoms with Gasteiger partial charge in [-0.05, 0) is 19.4 Å². The highest BCUT2D eigenvalue weighted by Gasteiger charge is 2.28. The number of ether oxygens (including phenoxy) is 1. The Morgan fingerprint density at radius 2 is 1.88 bits per heavy atom. The highest BCUT2D eigenvalue weighted by molar-refractivity contribution is 7.84. The standard InChI is InChI=1S/C17H24N2O4S/c1-12(2)18(11-16(20)21)17(22)19(13(3)24)10-15(23-4)14-8-6-5-7-9-14/h5-9,12,15,24H,3,10-11H2,1-2,4H3,(H,20,21). The lowest BCUT2D eigenvalue weighted by Crippen LogP contribution is -2.48. The maximum atomic E-state index is 12.8. The molecule has 1 aromatic carbocycles. The van der Waals surface area contributed by atoms with E-state index in [9.17, 15) is 9.59 Å². The smallest absolute Gasteiger partial charge is 0.325 e. The molecule has 0 radical (unpaired) electrons. The van der Waals surface area contributed by atoms with Crippen molar-refractivity contribution in [3.05, 3.63) is 47.5 Å². The number of carbonyl (C=O) groups excluding carboxylic acids is 1. The minimum Gasteiger partial charge on any atom is -0.480 e. The van der Waals surface area contributed by atoms with Crippen molar-refractivity contribution >= 4 is 24.6 Å². The zero-order valence-corrected chi connectivity index (χ0v) is 15.1. The maximum Gasteiger partial charge on any atom is 0.325 e. The summed E-state index contributed by atoms with van der Waals surface area (Å²) in [6.07, 6.45) is -0.377. The van der Waals surface area contributed by atoms with Crippen molar-refractivity contribution in [2.24, 2.45) is 0 Å². The van der Waals surface area contributed by atoms with Crippen LogP contribution in [0.3, 0.4) is 0 Å².